The summed E-state index contributed by atoms with van der Waals surface area (Å²) >= 11 is 0. The highest BCUT2D eigenvalue weighted by Gasteiger charge is 2.30. The van der Waals surface area contributed by atoms with Gasteiger partial charge in [0.25, 0.3) is 0 Å². The molecule has 0 heterocycles. The summed E-state index contributed by atoms with van der Waals surface area (Å²) in [5, 5.41) is 0. The average molecular weight is 293 g/mol. The second kappa shape index (κ2) is 9.66. The van der Waals surface area contributed by atoms with Crippen LogP contribution in [0.15, 0.2) is 12.7 Å². The van der Waals surface area contributed by atoms with Crippen molar-refractivity contribution in [2.24, 2.45) is 17.8 Å². The van der Waals surface area contributed by atoms with Crippen LogP contribution in [-0.2, 0) is 4.74 Å². The number of rotatable bonds is 8. The molecule has 0 aliphatic heterocycles. The fraction of sp³-hybridized carbons (Fsp3) is 0.900. The van der Waals surface area contributed by atoms with Crippen LogP contribution in [0.5, 0.6) is 0 Å². The monoisotopic (exact) mass is 292 g/mol. The summed E-state index contributed by atoms with van der Waals surface area (Å²) in [5.74, 6) is 2.81. The zero-order valence-electron chi connectivity index (χ0n) is 14.2. The Balaban J connectivity index is 1.57. The molecule has 0 unspecified atom stereocenters. The lowest BCUT2D eigenvalue weighted by molar-refractivity contribution is 0.00598. The second-order valence-corrected chi connectivity index (χ2v) is 7.38. The largest absolute Gasteiger partial charge is 0.378 e. The molecule has 0 aromatic rings. The number of allylic oxidation sites excluding steroid dienone is 1. The van der Waals surface area contributed by atoms with Gasteiger partial charge in [0.15, 0.2) is 0 Å². The van der Waals surface area contributed by atoms with E-state index in [9.17, 15) is 0 Å². The van der Waals surface area contributed by atoms with E-state index in [4.69, 9.17) is 4.74 Å². The van der Waals surface area contributed by atoms with E-state index in [0.29, 0.717) is 6.10 Å². The fourth-order valence-electron chi connectivity index (χ4n) is 4.36. The van der Waals surface area contributed by atoms with E-state index in [-0.39, 0.29) is 0 Å². The highest BCUT2D eigenvalue weighted by atomic mass is 16.5. The summed E-state index contributed by atoms with van der Waals surface area (Å²) in [6.07, 6.45) is 19.2. The maximum atomic E-state index is 6.09. The first-order valence-electron chi connectivity index (χ1n) is 9.57. The Morgan fingerprint density at radius 2 is 1.48 bits per heavy atom. The summed E-state index contributed by atoms with van der Waals surface area (Å²) in [4.78, 5) is 0. The van der Waals surface area contributed by atoms with Crippen LogP contribution in [0, 0.1) is 17.8 Å². The van der Waals surface area contributed by atoms with Crippen molar-refractivity contribution < 1.29 is 4.74 Å². The first-order valence-corrected chi connectivity index (χ1v) is 9.57. The van der Waals surface area contributed by atoms with Gasteiger partial charge < -0.3 is 4.74 Å². The number of unbranched alkanes of at least 4 members (excludes halogenated alkanes) is 3. The van der Waals surface area contributed by atoms with E-state index in [1.54, 1.807) is 0 Å². The Hall–Kier alpha value is -0.300. The van der Waals surface area contributed by atoms with Crippen molar-refractivity contribution in [2.45, 2.75) is 90.1 Å². The Labute approximate surface area is 132 Å². The summed E-state index contributed by atoms with van der Waals surface area (Å²) in [6, 6.07) is 0. The summed E-state index contributed by atoms with van der Waals surface area (Å²) in [7, 11) is 0. The third kappa shape index (κ3) is 5.77. The topological polar surface area (TPSA) is 9.23 Å². The molecule has 122 valence electrons. The predicted octanol–water partition coefficient (Wildman–Crippen LogP) is 6.13. The zero-order valence-corrected chi connectivity index (χ0v) is 14.2. The molecule has 2 aliphatic carbocycles. The molecule has 0 aromatic carbocycles. The predicted molar refractivity (Wildman–Crippen MR) is 91.5 cm³/mol. The van der Waals surface area contributed by atoms with Crippen molar-refractivity contribution in [1.29, 1.82) is 0 Å². The summed E-state index contributed by atoms with van der Waals surface area (Å²) in [6.45, 7) is 7.23. The van der Waals surface area contributed by atoms with Gasteiger partial charge in [0.05, 0.1) is 6.10 Å². The van der Waals surface area contributed by atoms with Gasteiger partial charge in [-0.3, -0.25) is 0 Å². The molecule has 0 bridgehead atoms. The molecule has 0 N–H and O–H groups in total. The van der Waals surface area contributed by atoms with E-state index in [0.717, 1.165) is 24.4 Å². The summed E-state index contributed by atoms with van der Waals surface area (Å²) < 4.78 is 6.09. The molecule has 0 spiro atoms. The molecule has 0 radical (unpaired) electrons. The van der Waals surface area contributed by atoms with Crippen LogP contribution in [0.25, 0.3) is 0 Å². The van der Waals surface area contributed by atoms with Crippen LogP contribution in [0.2, 0.25) is 0 Å². The van der Waals surface area contributed by atoms with Crippen molar-refractivity contribution in [3.05, 3.63) is 12.7 Å². The van der Waals surface area contributed by atoms with Crippen LogP contribution in [0.1, 0.15) is 84.0 Å². The van der Waals surface area contributed by atoms with Crippen molar-refractivity contribution in [1.82, 2.24) is 0 Å². The van der Waals surface area contributed by atoms with Gasteiger partial charge in [0.2, 0.25) is 0 Å². The quantitative estimate of drug-likeness (QED) is 0.386. The van der Waals surface area contributed by atoms with E-state index in [2.05, 4.69) is 19.6 Å². The van der Waals surface area contributed by atoms with Crippen LogP contribution in [-0.4, -0.2) is 12.7 Å². The zero-order chi connectivity index (χ0) is 14.9. The van der Waals surface area contributed by atoms with Gasteiger partial charge in [-0.15, -0.1) is 6.58 Å². The van der Waals surface area contributed by atoms with Crippen molar-refractivity contribution in [3.63, 3.8) is 0 Å². The van der Waals surface area contributed by atoms with E-state index in [1.807, 2.05) is 0 Å². The van der Waals surface area contributed by atoms with Crippen LogP contribution < -0.4 is 0 Å². The molecule has 1 nitrogen and oxygen atoms in total. The van der Waals surface area contributed by atoms with Gasteiger partial charge in [-0.05, 0) is 75.5 Å². The standard InChI is InChI=1S/C20H36O/c1-3-5-6-7-16-21-20-14-12-19(13-15-20)18-10-8-17(4-2)9-11-18/h4,17-20H,2-3,5-16H2,1H3. The van der Waals surface area contributed by atoms with Gasteiger partial charge in [-0.1, -0.05) is 32.3 Å². The molecule has 0 saturated heterocycles. The number of hydrogen-bond donors (Lipinski definition) is 0. The third-order valence-electron chi connectivity index (χ3n) is 5.89. The van der Waals surface area contributed by atoms with E-state index in [1.165, 1.54) is 77.0 Å². The number of hydrogen-bond acceptors (Lipinski definition) is 1. The summed E-state index contributed by atoms with van der Waals surface area (Å²) in [5.41, 5.74) is 0. The first kappa shape index (κ1) is 17.1. The fourth-order valence-corrected chi connectivity index (χ4v) is 4.36. The first-order chi connectivity index (χ1) is 10.3. The van der Waals surface area contributed by atoms with Crippen LogP contribution >= 0.6 is 0 Å². The van der Waals surface area contributed by atoms with Crippen LogP contribution in [0.3, 0.4) is 0 Å². The van der Waals surface area contributed by atoms with Crippen LogP contribution in [0.4, 0.5) is 0 Å². The van der Waals surface area contributed by atoms with Crippen molar-refractivity contribution in [2.75, 3.05) is 6.61 Å². The molecule has 1 heteroatoms. The normalized spacial score (nSPS) is 33.8. The molecule has 0 aromatic heterocycles. The molecule has 2 saturated carbocycles. The minimum absolute atomic E-state index is 0.576. The lowest BCUT2D eigenvalue weighted by atomic mass is 9.70. The number of ether oxygens (including phenoxy) is 1. The van der Waals surface area contributed by atoms with Crippen molar-refractivity contribution >= 4 is 0 Å². The molecule has 2 aliphatic rings. The Kier molecular flexibility index (Phi) is 7.85. The van der Waals surface area contributed by atoms with Crippen molar-refractivity contribution in [3.8, 4) is 0 Å². The van der Waals surface area contributed by atoms with E-state index < -0.39 is 0 Å². The van der Waals surface area contributed by atoms with Gasteiger partial charge in [0.1, 0.15) is 0 Å². The average Bonchev–Trinajstić information content (AvgIpc) is 2.55. The molecular formula is C20H36O. The Morgan fingerprint density at radius 3 is 2.05 bits per heavy atom. The minimum Gasteiger partial charge on any atom is -0.378 e. The molecule has 2 rings (SSSR count). The second-order valence-electron chi connectivity index (χ2n) is 7.38. The highest BCUT2D eigenvalue weighted by molar-refractivity contribution is 4.87. The Bertz CT molecular complexity index is 270. The van der Waals surface area contributed by atoms with Gasteiger partial charge >= 0.3 is 0 Å². The highest BCUT2D eigenvalue weighted by Crippen LogP contribution is 2.40. The molecular weight excluding hydrogens is 256 g/mol. The molecule has 0 atom stereocenters. The van der Waals surface area contributed by atoms with Gasteiger partial charge in [0, 0.05) is 6.61 Å². The third-order valence-corrected chi connectivity index (χ3v) is 5.89. The Morgan fingerprint density at radius 1 is 0.857 bits per heavy atom. The molecule has 2 fully saturated rings. The van der Waals surface area contributed by atoms with Gasteiger partial charge in [-0.2, -0.15) is 0 Å². The smallest absolute Gasteiger partial charge is 0.0575 e. The lowest BCUT2D eigenvalue weighted by Crippen LogP contribution is -2.28. The molecule has 21 heavy (non-hydrogen) atoms. The maximum Gasteiger partial charge on any atom is 0.0575 e. The minimum atomic E-state index is 0.576. The van der Waals surface area contributed by atoms with E-state index >= 15 is 0 Å². The maximum absolute atomic E-state index is 6.09. The lowest BCUT2D eigenvalue weighted by Gasteiger charge is -2.37. The SMILES string of the molecule is C=CC1CCC(C2CCC(OCCCCCC)CC2)CC1. The molecule has 0 amide bonds. The van der Waals surface area contributed by atoms with Gasteiger partial charge in [-0.25, -0.2) is 0 Å².